The Labute approximate surface area is 103 Å². The normalized spacial score (nSPS) is 12.6. The molecule has 0 amide bonds. The number of nitrogens with two attached hydrogens (primary N) is 1. The molecule has 1 atom stereocenters. The molecule has 0 spiro atoms. The van der Waals surface area contributed by atoms with Crippen LogP contribution in [0.25, 0.3) is 0 Å². The van der Waals surface area contributed by atoms with E-state index in [1.807, 2.05) is 6.92 Å². The zero-order valence-electron chi connectivity index (χ0n) is 11.0. The van der Waals surface area contributed by atoms with Crippen LogP contribution in [0, 0.1) is 5.92 Å². The Bertz CT molecular complexity index is 354. The Kier molecular flexibility index (Phi) is 5.15. The van der Waals surface area contributed by atoms with Crippen molar-refractivity contribution in [3.8, 4) is 5.88 Å². The van der Waals surface area contributed by atoms with Crippen molar-refractivity contribution in [3.05, 3.63) is 11.9 Å². The zero-order valence-corrected chi connectivity index (χ0v) is 11.0. The first-order valence-electron chi connectivity index (χ1n) is 6.07. The Hall–Kier alpha value is -1.36. The molecule has 1 unspecified atom stereocenters. The molecule has 1 aromatic heterocycles. The number of rotatable bonds is 6. The van der Waals surface area contributed by atoms with Crippen LogP contribution < -0.4 is 16.0 Å². The molecule has 0 fully saturated rings. The van der Waals surface area contributed by atoms with Gasteiger partial charge in [-0.3, -0.25) is 0 Å². The number of hydrazine groups is 1. The Morgan fingerprint density at radius 3 is 2.59 bits per heavy atom. The maximum atomic E-state index is 5.86. The maximum Gasteiger partial charge on any atom is 0.222 e. The van der Waals surface area contributed by atoms with Gasteiger partial charge >= 0.3 is 0 Å². The molecule has 5 heteroatoms. The molecule has 3 N–H and O–H groups in total. The third-order valence-corrected chi connectivity index (χ3v) is 2.78. The second-order valence-electron chi connectivity index (χ2n) is 4.47. The van der Waals surface area contributed by atoms with E-state index in [1.54, 1.807) is 0 Å². The van der Waals surface area contributed by atoms with E-state index >= 15 is 0 Å². The van der Waals surface area contributed by atoms with Crippen LogP contribution in [0.3, 0.4) is 0 Å². The molecule has 0 aliphatic carbocycles. The molecule has 5 nitrogen and oxygen atoms in total. The third-order valence-electron chi connectivity index (χ3n) is 2.78. The Balaban J connectivity index is 2.97. The molecular formula is C12H22N4O. The van der Waals surface area contributed by atoms with Gasteiger partial charge in [-0.25, -0.2) is 15.8 Å². The lowest BCUT2D eigenvalue weighted by atomic mass is 10.1. The standard InChI is InChI=1S/C12H22N4O/c1-5-6-10-11(16-13)14-7-15-12(10)17-9(4)8(2)3/h7-9H,5-6,13H2,1-4H3,(H,14,15,16). The van der Waals surface area contributed by atoms with E-state index in [0.717, 1.165) is 18.4 Å². The van der Waals surface area contributed by atoms with E-state index in [-0.39, 0.29) is 6.10 Å². The van der Waals surface area contributed by atoms with Crippen molar-refractivity contribution < 1.29 is 4.74 Å². The predicted molar refractivity (Wildman–Crippen MR) is 68.8 cm³/mol. The van der Waals surface area contributed by atoms with Gasteiger partial charge in [0, 0.05) is 0 Å². The van der Waals surface area contributed by atoms with Crippen LogP contribution in [0.4, 0.5) is 5.82 Å². The fraction of sp³-hybridized carbons (Fsp3) is 0.667. The molecule has 1 aromatic rings. The smallest absolute Gasteiger partial charge is 0.222 e. The first kappa shape index (κ1) is 13.7. The molecule has 0 aromatic carbocycles. The monoisotopic (exact) mass is 238 g/mol. The summed E-state index contributed by atoms with van der Waals surface area (Å²) >= 11 is 0. The number of aromatic nitrogens is 2. The van der Waals surface area contributed by atoms with E-state index in [2.05, 4.69) is 36.2 Å². The molecule has 0 radical (unpaired) electrons. The summed E-state index contributed by atoms with van der Waals surface area (Å²) in [5, 5.41) is 0. The van der Waals surface area contributed by atoms with Crippen molar-refractivity contribution in [2.45, 2.75) is 46.6 Å². The summed E-state index contributed by atoms with van der Waals surface area (Å²) in [7, 11) is 0. The summed E-state index contributed by atoms with van der Waals surface area (Å²) in [6.07, 6.45) is 3.43. The summed E-state index contributed by atoms with van der Waals surface area (Å²) in [6.45, 7) is 8.38. The minimum absolute atomic E-state index is 0.117. The van der Waals surface area contributed by atoms with Crippen molar-refractivity contribution in [2.24, 2.45) is 11.8 Å². The van der Waals surface area contributed by atoms with Gasteiger partial charge in [0.15, 0.2) is 0 Å². The van der Waals surface area contributed by atoms with Crippen LogP contribution in [0.1, 0.15) is 39.7 Å². The van der Waals surface area contributed by atoms with Gasteiger partial charge in [0.25, 0.3) is 0 Å². The van der Waals surface area contributed by atoms with Crippen LogP contribution >= 0.6 is 0 Å². The van der Waals surface area contributed by atoms with E-state index < -0.39 is 0 Å². The lowest BCUT2D eigenvalue weighted by Crippen LogP contribution is -2.21. The SMILES string of the molecule is CCCc1c(NN)ncnc1OC(C)C(C)C. The average molecular weight is 238 g/mol. The van der Waals surface area contributed by atoms with Crippen molar-refractivity contribution in [2.75, 3.05) is 5.43 Å². The van der Waals surface area contributed by atoms with E-state index in [1.165, 1.54) is 6.33 Å². The highest BCUT2D eigenvalue weighted by molar-refractivity contribution is 5.47. The minimum Gasteiger partial charge on any atom is -0.474 e. The van der Waals surface area contributed by atoms with Crippen molar-refractivity contribution in [1.82, 2.24) is 9.97 Å². The number of ether oxygens (including phenoxy) is 1. The highest BCUT2D eigenvalue weighted by Crippen LogP contribution is 2.24. The molecule has 1 heterocycles. The van der Waals surface area contributed by atoms with Crippen LogP contribution in [0.2, 0.25) is 0 Å². The Morgan fingerprint density at radius 1 is 1.35 bits per heavy atom. The number of hydrogen-bond acceptors (Lipinski definition) is 5. The third kappa shape index (κ3) is 3.56. The van der Waals surface area contributed by atoms with Crippen LogP contribution in [-0.4, -0.2) is 16.1 Å². The lowest BCUT2D eigenvalue weighted by molar-refractivity contribution is 0.161. The van der Waals surface area contributed by atoms with E-state index in [4.69, 9.17) is 10.6 Å². The molecule has 0 aliphatic heterocycles. The predicted octanol–water partition coefficient (Wildman–Crippen LogP) is 2.14. The van der Waals surface area contributed by atoms with Gasteiger partial charge in [0.05, 0.1) is 11.7 Å². The number of nitrogen functional groups attached to an aromatic ring is 1. The first-order chi connectivity index (χ1) is 8.10. The van der Waals surface area contributed by atoms with Crippen molar-refractivity contribution >= 4 is 5.82 Å². The second kappa shape index (κ2) is 6.39. The van der Waals surface area contributed by atoms with Gasteiger partial charge in [-0.05, 0) is 19.3 Å². The van der Waals surface area contributed by atoms with Gasteiger partial charge < -0.3 is 10.2 Å². The fourth-order valence-corrected chi connectivity index (χ4v) is 1.41. The highest BCUT2D eigenvalue weighted by Gasteiger charge is 2.15. The van der Waals surface area contributed by atoms with Crippen molar-refractivity contribution in [1.29, 1.82) is 0 Å². The number of anilines is 1. The molecular weight excluding hydrogens is 216 g/mol. The summed E-state index contributed by atoms with van der Waals surface area (Å²) in [5.74, 6) is 7.16. The van der Waals surface area contributed by atoms with Crippen LogP contribution in [-0.2, 0) is 6.42 Å². The minimum atomic E-state index is 0.117. The van der Waals surface area contributed by atoms with Crippen molar-refractivity contribution in [3.63, 3.8) is 0 Å². The first-order valence-corrected chi connectivity index (χ1v) is 6.07. The molecule has 0 aliphatic rings. The summed E-state index contributed by atoms with van der Waals surface area (Å²) in [5.41, 5.74) is 3.54. The summed E-state index contributed by atoms with van der Waals surface area (Å²) in [6, 6.07) is 0. The molecule has 0 saturated carbocycles. The summed E-state index contributed by atoms with van der Waals surface area (Å²) in [4.78, 5) is 8.30. The quantitative estimate of drug-likeness (QED) is 0.586. The van der Waals surface area contributed by atoms with Gasteiger partial charge in [-0.15, -0.1) is 0 Å². The zero-order chi connectivity index (χ0) is 12.8. The number of nitrogens with one attached hydrogen (secondary N) is 1. The summed E-state index contributed by atoms with van der Waals surface area (Å²) < 4.78 is 5.86. The van der Waals surface area contributed by atoms with Gasteiger partial charge in [0.1, 0.15) is 12.1 Å². The lowest BCUT2D eigenvalue weighted by Gasteiger charge is -2.20. The molecule has 0 saturated heterocycles. The van der Waals surface area contributed by atoms with Crippen LogP contribution in [0.5, 0.6) is 5.88 Å². The van der Waals surface area contributed by atoms with E-state index in [9.17, 15) is 0 Å². The average Bonchev–Trinajstić information content (AvgIpc) is 2.31. The largest absolute Gasteiger partial charge is 0.474 e. The molecule has 17 heavy (non-hydrogen) atoms. The number of nitrogens with zero attached hydrogens (tertiary/aromatic N) is 2. The van der Waals surface area contributed by atoms with Gasteiger partial charge in [-0.1, -0.05) is 27.2 Å². The topological polar surface area (TPSA) is 73.1 Å². The second-order valence-corrected chi connectivity index (χ2v) is 4.47. The molecule has 96 valence electrons. The molecule has 1 rings (SSSR count). The van der Waals surface area contributed by atoms with E-state index in [0.29, 0.717) is 17.6 Å². The van der Waals surface area contributed by atoms with Gasteiger partial charge in [0.2, 0.25) is 5.88 Å². The highest BCUT2D eigenvalue weighted by atomic mass is 16.5. The maximum absolute atomic E-state index is 5.86. The Morgan fingerprint density at radius 2 is 2.06 bits per heavy atom. The van der Waals surface area contributed by atoms with Crippen LogP contribution in [0.15, 0.2) is 6.33 Å². The number of hydrogen-bond donors (Lipinski definition) is 2. The van der Waals surface area contributed by atoms with Gasteiger partial charge in [-0.2, -0.15) is 0 Å². The fourth-order valence-electron chi connectivity index (χ4n) is 1.41. The molecule has 0 bridgehead atoms.